The standard InChI is InChI=1S/C25H27ClF2N6O3Si/c1-29-25(35)37-13-15-9-17(27)21(18(28)10-15)24-31-12-19-23(32-24)22(16-5-6-20(26)30-11-16)33-34(19)14-36-7-8-38(2,3)4/h5-6,9-12H,7-8,13-14H2,1-4H3,(H,29,35). The zero-order chi connectivity index (χ0) is 27.4. The molecule has 0 saturated carbocycles. The number of halogens is 3. The predicted molar refractivity (Wildman–Crippen MR) is 142 cm³/mol. The smallest absolute Gasteiger partial charge is 0.407 e. The summed E-state index contributed by atoms with van der Waals surface area (Å²) in [5, 5.41) is 7.22. The Kier molecular flexibility index (Phi) is 8.34. The third-order valence-corrected chi connectivity index (χ3v) is 7.53. The monoisotopic (exact) mass is 560 g/mol. The number of pyridine rings is 1. The molecule has 4 rings (SSSR count). The molecule has 0 saturated heterocycles. The van der Waals surface area contributed by atoms with Gasteiger partial charge in [0, 0.05) is 33.5 Å². The van der Waals surface area contributed by atoms with E-state index in [2.05, 4.69) is 45.0 Å². The second-order valence-corrected chi connectivity index (χ2v) is 15.8. The van der Waals surface area contributed by atoms with Gasteiger partial charge in [0.1, 0.15) is 46.9 Å². The second kappa shape index (κ2) is 11.5. The second-order valence-electron chi connectivity index (χ2n) is 9.75. The number of ether oxygens (including phenoxy) is 2. The van der Waals surface area contributed by atoms with Crippen LogP contribution < -0.4 is 5.32 Å². The molecule has 4 aromatic rings. The molecule has 0 aliphatic heterocycles. The summed E-state index contributed by atoms with van der Waals surface area (Å²) >= 11 is 5.95. The van der Waals surface area contributed by atoms with Crippen LogP contribution in [0.4, 0.5) is 13.6 Å². The molecule has 3 aromatic heterocycles. The molecule has 0 aliphatic rings. The average molecular weight is 561 g/mol. The maximum atomic E-state index is 15.0. The van der Waals surface area contributed by atoms with E-state index in [0.717, 1.165) is 18.2 Å². The first-order valence-electron chi connectivity index (χ1n) is 11.8. The molecule has 0 bridgehead atoms. The minimum atomic E-state index is -1.27. The van der Waals surface area contributed by atoms with Crippen LogP contribution in [-0.4, -0.2) is 52.6 Å². The number of rotatable bonds is 9. The number of hydrogen-bond acceptors (Lipinski definition) is 7. The van der Waals surface area contributed by atoms with Gasteiger partial charge in [-0.05, 0) is 35.9 Å². The van der Waals surface area contributed by atoms with Gasteiger partial charge in [-0.25, -0.2) is 33.2 Å². The highest BCUT2D eigenvalue weighted by atomic mass is 35.5. The van der Waals surface area contributed by atoms with Gasteiger partial charge in [-0.1, -0.05) is 31.2 Å². The summed E-state index contributed by atoms with van der Waals surface area (Å²) < 4.78 is 42.4. The van der Waals surface area contributed by atoms with Crippen molar-refractivity contribution in [2.24, 2.45) is 0 Å². The van der Waals surface area contributed by atoms with Crippen LogP contribution in [0.15, 0.2) is 36.7 Å². The van der Waals surface area contributed by atoms with Crippen molar-refractivity contribution in [2.75, 3.05) is 13.7 Å². The third kappa shape index (κ3) is 6.50. The number of hydrogen-bond donors (Lipinski definition) is 1. The number of alkyl carbamates (subject to hydrolysis) is 1. The first kappa shape index (κ1) is 27.5. The molecule has 0 radical (unpaired) electrons. The number of benzene rings is 1. The quantitative estimate of drug-likeness (QED) is 0.160. The van der Waals surface area contributed by atoms with Gasteiger partial charge < -0.3 is 14.8 Å². The van der Waals surface area contributed by atoms with Crippen LogP contribution in [0, 0.1) is 11.6 Å². The van der Waals surface area contributed by atoms with Crippen LogP contribution in [0.5, 0.6) is 0 Å². The van der Waals surface area contributed by atoms with Gasteiger partial charge in [-0.2, -0.15) is 5.10 Å². The predicted octanol–water partition coefficient (Wildman–Crippen LogP) is 5.66. The number of nitrogens with one attached hydrogen (secondary N) is 1. The Morgan fingerprint density at radius 1 is 1.13 bits per heavy atom. The summed E-state index contributed by atoms with van der Waals surface area (Å²) in [4.78, 5) is 24.1. The van der Waals surface area contributed by atoms with Crippen molar-refractivity contribution >= 4 is 36.8 Å². The van der Waals surface area contributed by atoms with E-state index in [4.69, 9.17) is 21.1 Å². The fraction of sp³-hybridized carbons (Fsp3) is 0.320. The van der Waals surface area contributed by atoms with Crippen molar-refractivity contribution in [3.8, 4) is 22.6 Å². The fourth-order valence-electron chi connectivity index (χ4n) is 3.56. The number of carbonyl (C=O) groups excluding carboxylic acids is 1. The highest BCUT2D eigenvalue weighted by molar-refractivity contribution is 6.76. The Balaban J connectivity index is 1.72. The lowest BCUT2D eigenvalue weighted by Crippen LogP contribution is -2.22. The SMILES string of the molecule is CNC(=O)OCc1cc(F)c(-c2ncc3c(n2)c(-c2ccc(Cl)nc2)nn3COCC[Si](C)(C)C)c(F)c1. The van der Waals surface area contributed by atoms with E-state index in [-0.39, 0.29) is 24.7 Å². The van der Waals surface area contributed by atoms with E-state index in [9.17, 15) is 4.79 Å². The molecule has 38 heavy (non-hydrogen) atoms. The highest BCUT2D eigenvalue weighted by Gasteiger charge is 2.21. The Morgan fingerprint density at radius 3 is 2.50 bits per heavy atom. The maximum absolute atomic E-state index is 15.0. The Hall–Kier alpha value is -3.48. The van der Waals surface area contributed by atoms with Gasteiger partial charge >= 0.3 is 6.09 Å². The molecule has 9 nitrogen and oxygen atoms in total. The summed E-state index contributed by atoms with van der Waals surface area (Å²) in [6.07, 6.45) is 2.29. The summed E-state index contributed by atoms with van der Waals surface area (Å²) in [6.45, 7) is 7.24. The van der Waals surface area contributed by atoms with Gasteiger partial charge in [0.2, 0.25) is 0 Å². The number of amides is 1. The number of nitrogens with zero attached hydrogens (tertiary/aromatic N) is 5. The molecular formula is C25H27ClF2N6O3Si. The summed E-state index contributed by atoms with van der Waals surface area (Å²) in [5.41, 5.74) is 1.70. The van der Waals surface area contributed by atoms with Crippen LogP contribution in [0.25, 0.3) is 33.7 Å². The first-order valence-corrected chi connectivity index (χ1v) is 15.9. The fourth-order valence-corrected chi connectivity index (χ4v) is 4.43. The van der Waals surface area contributed by atoms with Gasteiger partial charge in [0.25, 0.3) is 0 Å². The van der Waals surface area contributed by atoms with Crippen LogP contribution >= 0.6 is 11.6 Å². The van der Waals surface area contributed by atoms with Crippen LogP contribution in [0.1, 0.15) is 5.56 Å². The molecule has 13 heteroatoms. The highest BCUT2D eigenvalue weighted by Crippen LogP contribution is 2.31. The number of fused-ring (bicyclic) bond motifs is 1. The third-order valence-electron chi connectivity index (χ3n) is 5.60. The molecular weight excluding hydrogens is 534 g/mol. The zero-order valence-corrected chi connectivity index (χ0v) is 23.1. The lowest BCUT2D eigenvalue weighted by molar-refractivity contribution is 0.0818. The van der Waals surface area contributed by atoms with Gasteiger partial charge in [0.15, 0.2) is 5.82 Å². The van der Waals surface area contributed by atoms with Crippen molar-refractivity contribution in [1.29, 1.82) is 0 Å². The molecule has 0 spiro atoms. The van der Waals surface area contributed by atoms with Gasteiger partial charge in [0.05, 0.1) is 11.8 Å². The Labute approximate surface area is 224 Å². The first-order chi connectivity index (χ1) is 18.1. The van der Waals surface area contributed by atoms with Crippen molar-refractivity contribution < 1.29 is 23.0 Å². The summed E-state index contributed by atoms with van der Waals surface area (Å²) in [5.74, 6) is -1.94. The largest absolute Gasteiger partial charge is 0.445 e. The molecule has 1 aromatic carbocycles. The van der Waals surface area contributed by atoms with E-state index in [0.29, 0.717) is 34.1 Å². The summed E-state index contributed by atoms with van der Waals surface area (Å²) in [6, 6.07) is 6.50. The number of aromatic nitrogens is 5. The molecule has 0 aliphatic carbocycles. The number of carbonyl (C=O) groups is 1. The van der Waals surface area contributed by atoms with Gasteiger partial charge in [-0.15, -0.1) is 0 Å². The molecule has 200 valence electrons. The topological polar surface area (TPSA) is 104 Å². The Morgan fingerprint density at radius 2 is 1.87 bits per heavy atom. The molecule has 0 atom stereocenters. The normalized spacial score (nSPS) is 11.7. The summed E-state index contributed by atoms with van der Waals surface area (Å²) in [7, 11) is 0.111. The zero-order valence-electron chi connectivity index (χ0n) is 21.4. The van der Waals surface area contributed by atoms with E-state index >= 15 is 8.78 Å². The average Bonchev–Trinajstić information content (AvgIpc) is 3.22. The van der Waals surface area contributed by atoms with Crippen molar-refractivity contribution in [3.63, 3.8) is 0 Å². The van der Waals surface area contributed by atoms with E-state index in [1.165, 1.54) is 13.2 Å². The minimum absolute atomic E-state index is 0.143. The van der Waals surface area contributed by atoms with Crippen molar-refractivity contribution in [2.45, 2.75) is 39.0 Å². The maximum Gasteiger partial charge on any atom is 0.407 e. The van der Waals surface area contributed by atoms with E-state index < -0.39 is 31.4 Å². The molecule has 0 unspecified atom stereocenters. The van der Waals surface area contributed by atoms with Crippen LogP contribution in [0.3, 0.4) is 0 Å². The van der Waals surface area contributed by atoms with Crippen molar-refractivity contribution in [3.05, 3.63) is 59.0 Å². The van der Waals surface area contributed by atoms with E-state index in [1.807, 2.05) is 0 Å². The molecule has 3 heterocycles. The van der Waals surface area contributed by atoms with Gasteiger partial charge in [-0.3, -0.25) is 0 Å². The van der Waals surface area contributed by atoms with E-state index in [1.54, 1.807) is 23.0 Å². The molecule has 1 N–H and O–H groups in total. The lowest BCUT2D eigenvalue weighted by atomic mass is 10.1. The molecule has 0 fully saturated rings. The van der Waals surface area contributed by atoms with Crippen LogP contribution in [-0.2, 0) is 22.8 Å². The Bertz CT molecular complexity index is 1440. The minimum Gasteiger partial charge on any atom is -0.445 e. The van der Waals surface area contributed by atoms with Crippen molar-refractivity contribution in [1.82, 2.24) is 30.0 Å². The van der Waals surface area contributed by atoms with Crippen LogP contribution in [0.2, 0.25) is 30.8 Å². The molecule has 1 amide bonds. The lowest BCUT2D eigenvalue weighted by Gasteiger charge is -2.15.